The molecule has 0 aliphatic rings. The van der Waals surface area contributed by atoms with Gasteiger partial charge >= 0.3 is 0 Å². The maximum absolute atomic E-state index is 12.7. The van der Waals surface area contributed by atoms with Gasteiger partial charge in [-0.3, -0.25) is 14.6 Å². The molecule has 1 unspecified atom stereocenters. The van der Waals surface area contributed by atoms with Gasteiger partial charge in [0.2, 0.25) is 0 Å². The van der Waals surface area contributed by atoms with Crippen LogP contribution < -0.4 is 5.32 Å². The van der Waals surface area contributed by atoms with E-state index in [1.54, 1.807) is 24.7 Å². The SMILES string of the molecule is CC(=O)c1c[nH]c(C(=O)NC(c2cccnc2)c2cc(C)cc(C)c2)c1. The lowest BCUT2D eigenvalue weighted by molar-refractivity contribution is 0.0938. The maximum Gasteiger partial charge on any atom is 0.268 e. The highest BCUT2D eigenvalue weighted by Crippen LogP contribution is 2.24. The number of hydrogen-bond donors (Lipinski definition) is 2. The first-order valence-electron chi connectivity index (χ1n) is 8.42. The number of Topliss-reactive ketones (excluding diaryl/α,β-unsaturated/α-hetero) is 1. The van der Waals surface area contributed by atoms with E-state index >= 15 is 0 Å². The van der Waals surface area contributed by atoms with E-state index in [9.17, 15) is 9.59 Å². The molecule has 0 saturated carbocycles. The summed E-state index contributed by atoms with van der Waals surface area (Å²) in [6.07, 6.45) is 5.00. The van der Waals surface area contributed by atoms with Crippen LogP contribution in [0, 0.1) is 13.8 Å². The molecule has 0 spiro atoms. The van der Waals surface area contributed by atoms with E-state index in [0.29, 0.717) is 11.3 Å². The van der Waals surface area contributed by atoms with Gasteiger partial charge in [-0.1, -0.05) is 35.4 Å². The van der Waals surface area contributed by atoms with Crippen LogP contribution in [0.4, 0.5) is 0 Å². The summed E-state index contributed by atoms with van der Waals surface area (Å²) in [4.78, 5) is 31.2. The van der Waals surface area contributed by atoms with Gasteiger partial charge in [-0.15, -0.1) is 0 Å². The van der Waals surface area contributed by atoms with Crippen LogP contribution in [0.15, 0.2) is 55.0 Å². The van der Waals surface area contributed by atoms with E-state index in [1.165, 1.54) is 6.92 Å². The molecule has 3 aromatic rings. The number of rotatable bonds is 5. The fraction of sp³-hybridized carbons (Fsp3) is 0.190. The molecule has 1 atom stereocenters. The number of benzene rings is 1. The molecule has 2 N–H and O–H groups in total. The molecule has 0 radical (unpaired) electrons. The molecule has 0 aliphatic carbocycles. The van der Waals surface area contributed by atoms with Gasteiger partial charge in [-0.25, -0.2) is 0 Å². The molecule has 0 aliphatic heterocycles. The minimum absolute atomic E-state index is 0.0848. The second-order valence-electron chi connectivity index (χ2n) is 6.47. The van der Waals surface area contributed by atoms with Crippen molar-refractivity contribution in [2.75, 3.05) is 0 Å². The Hall–Kier alpha value is -3.21. The number of ketones is 1. The van der Waals surface area contributed by atoms with Crippen molar-refractivity contribution in [3.8, 4) is 0 Å². The average molecular weight is 347 g/mol. The highest BCUT2D eigenvalue weighted by Gasteiger charge is 2.20. The van der Waals surface area contributed by atoms with Crippen LogP contribution in [-0.2, 0) is 0 Å². The van der Waals surface area contributed by atoms with Gasteiger partial charge in [-0.2, -0.15) is 0 Å². The van der Waals surface area contributed by atoms with Crippen LogP contribution in [-0.4, -0.2) is 21.7 Å². The minimum Gasteiger partial charge on any atom is -0.356 e. The Morgan fingerprint density at radius 2 is 1.81 bits per heavy atom. The molecule has 1 aromatic carbocycles. The number of aromatic amines is 1. The topological polar surface area (TPSA) is 74.8 Å². The third kappa shape index (κ3) is 3.88. The van der Waals surface area contributed by atoms with Gasteiger partial charge in [0.05, 0.1) is 6.04 Å². The molecule has 0 saturated heterocycles. The monoisotopic (exact) mass is 347 g/mol. The van der Waals surface area contributed by atoms with Crippen LogP contribution in [0.2, 0.25) is 0 Å². The largest absolute Gasteiger partial charge is 0.356 e. The zero-order valence-electron chi connectivity index (χ0n) is 15.0. The van der Waals surface area contributed by atoms with Crippen LogP contribution >= 0.6 is 0 Å². The highest BCUT2D eigenvalue weighted by molar-refractivity contribution is 5.99. The average Bonchev–Trinajstić information content (AvgIpc) is 3.10. The Kier molecular flexibility index (Phi) is 4.98. The summed E-state index contributed by atoms with van der Waals surface area (Å²) in [5, 5.41) is 3.05. The quantitative estimate of drug-likeness (QED) is 0.690. The Morgan fingerprint density at radius 1 is 1.08 bits per heavy atom. The molecule has 0 bridgehead atoms. The number of H-pyrrole nitrogens is 1. The Labute approximate surface area is 152 Å². The number of aryl methyl sites for hydroxylation is 2. The Bertz CT molecular complexity index is 925. The number of carbonyl (C=O) groups is 2. The number of nitrogens with zero attached hydrogens (tertiary/aromatic N) is 1. The first-order chi connectivity index (χ1) is 12.4. The number of nitrogens with one attached hydrogen (secondary N) is 2. The normalized spacial score (nSPS) is 11.8. The van der Waals surface area contributed by atoms with Crippen molar-refractivity contribution in [1.29, 1.82) is 0 Å². The Balaban J connectivity index is 1.95. The van der Waals surface area contributed by atoms with E-state index < -0.39 is 0 Å². The van der Waals surface area contributed by atoms with Crippen LogP contribution in [0.25, 0.3) is 0 Å². The number of amides is 1. The summed E-state index contributed by atoms with van der Waals surface area (Å²) in [6.45, 7) is 5.53. The molecule has 26 heavy (non-hydrogen) atoms. The van der Waals surface area contributed by atoms with E-state index in [0.717, 1.165) is 22.3 Å². The second-order valence-corrected chi connectivity index (χ2v) is 6.47. The predicted molar refractivity (Wildman–Crippen MR) is 100 cm³/mol. The molecule has 0 fully saturated rings. The van der Waals surface area contributed by atoms with Crippen molar-refractivity contribution in [3.63, 3.8) is 0 Å². The second kappa shape index (κ2) is 7.35. The molecule has 3 rings (SSSR count). The van der Waals surface area contributed by atoms with Crippen molar-refractivity contribution in [2.45, 2.75) is 26.8 Å². The van der Waals surface area contributed by atoms with Crippen molar-refractivity contribution >= 4 is 11.7 Å². The summed E-state index contributed by atoms with van der Waals surface area (Å²) in [6, 6.07) is 11.2. The lowest BCUT2D eigenvalue weighted by Crippen LogP contribution is -2.29. The van der Waals surface area contributed by atoms with Gasteiger partial charge in [0.25, 0.3) is 5.91 Å². The van der Waals surface area contributed by atoms with Crippen LogP contribution in [0.5, 0.6) is 0 Å². The number of carbonyl (C=O) groups excluding carboxylic acids is 2. The molecule has 5 heteroatoms. The molecule has 2 heterocycles. The van der Waals surface area contributed by atoms with Gasteiger partial charge < -0.3 is 10.3 Å². The zero-order chi connectivity index (χ0) is 18.7. The highest BCUT2D eigenvalue weighted by atomic mass is 16.2. The summed E-state index contributed by atoms with van der Waals surface area (Å²) in [7, 11) is 0. The molecular weight excluding hydrogens is 326 g/mol. The van der Waals surface area contributed by atoms with Crippen molar-refractivity contribution in [1.82, 2.24) is 15.3 Å². The minimum atomic E-state index is -0.334. The third-order valence-electron chi connectivity index (χ3n) is 4.20. The number of aromatic nitrogens is 2. The van der Waals surface area contributed by atoms with Gasteiger partial charge in [-0.05, 0) is 44.0 Å². The summed E-state index contributed by atoms with van der Waals surface area (Å²) in [5.74, 6) is -0.357. The van der Waals surface area contributed by atoms with Gasteiger partial charge in [0.1, 0.15) is 5.69 Å². The summed E-state index contributed by atoms with van der Waals surface area (Å²) in [5.41, 5.74) is 4.98. The molecule has 2 aromatic heterocycles. The number of hydrogen-bond acceptors (Lipinski definition) is 3. The van der Waals surface area contributed by atoms with Crippen molar-refractivity contribution < 1.29 is 9.59 Å². The van der Waals surface area contributed by atoms with Gasteiger partial charge in [0, 0.05) is 24.2 Å². The molecule has 5 nitrogen and oxygen atoms in total. The standard InChI is InChI=1S/C21H21N3O2/c1-13-7-14(2)9-17(8-13)20(16-5-4-6-22-11-16)24-21(26)19-10-18(12-23-19)15(3)25/h4-12,20,23H,1-3H3,(H,24,26). The first kappa shape index (κ1) is 17.6. The van der Waals surface area contributed by atoms with Crippen molar-refractivity contribution in [3.05, 3.63) is 88.5 Å². The molecular formula is C21H21N3O2. The fourth-order valence-corrected chi connectivity index (χ4v) is 3.02. The lowest BCUT2D eigenvalue weighted by Gasteiger charge is -2.20. The molecule has 132 valence electrons. The summed E-state index contributed by atoms with van der Waals surface area (Å²) >= 11 is 0. The summed E-state index contributed by atoms with van der Waals surface area (Å²) < 4.78 is 0. The van der Waals surface area contributed by atoms with Crippen LogP contribution in [0.1, 0.15) is 56.1 Å². The van der Waals surface area contributed by atoms with Gasteiger partial charge in [0.15, 0.2) is 5.78 Å². The van der Waals surface area contributed by atoms with Crippen molar-refractivity contribution in [2.24, 2.45) is 0 Å². The number of pyridine rings is 1. The van der Waals surface area contributed by atoms with E-state index in [-0.39, 0.29) is 17.7 Å². The van der Waals surface area contributed by atoms with E-state index in [4.69, 9.17) is 0 Å². The van der Waals surface area contributed by atoms with E-state index in [1.807, 2.05) is 26.0 Å². The molecule has 1 amide bonds. The first-order valence-corrected chi connectivity index (χ1v) is 8.42. The van der Waals surface area contributed by atoms with E-state index in [2.05, 4.69) is 33.5 Å². The van der Waals surface area contributed by atoms with Crippen LogP contribution in [0.3, 0.4) is 0 Å². The zero-order valence-corrected chi connectivity index (χ0v) is 15.0. The predicted octanol–water partition coefficient (Wildman–Crippen LogP) is 3.75. The maximum atomic E-state index is 12.7. The lowest BCUT2D eigenvalue weighted by atomic mass is 9.96. The fourth-order valence-electron chi connectivity index (χ4n) is 3.02. The smallest absolute Gasteiger partial charge is 0.268 e. The third-order valence-corrected chi connectivity index (χ3v) is 4.20. The Morgan fingerprint density at radius 3 is 2.38 bits per heavy atom.